The highest BCUT2D eigenvalue weighted by atomic mass is 16.5. The summed E-state index contributed by atoms with van der Waals surface area (Å²) in [5.74, 6) is 1.25. The molecular weight excluding hydrogens is 264 g/mol. The number of aldehydes is 1. The van der Waals surface area contributed by atoms with Gasteiger partial charge < -0.3 is 9.84 Å². The normalized spacial score (nSPS) is 18.6. The fraction of sp³-hybridized carbons (Fsp3) is 0.167. The van der Waals surface area contributed by atoms with Gasteiger partial charge in [0.1, 0.15) is 17.8 Å². The van der Waals surface area contributed by atoms with Gasteiger partial charge in [0.25, 0.3) is 0 Å². The van der Waals surface area contributed by atoms with E-state index in [0.717, 1.165) is 29.6 Å². The molecule has 0 amide bonds. The zero-order valence-corrected chi connectivity index (χ0v) is 11.9. The molecule has 1 atom stereocenters. The van der Waals surface area contributed by atoms with Crippen molar-refractivity contribution in [3.05, 3.63) is 71.5 Å². The second-order valence-electron chi connectivity index (χ2n) is 4.74. The van der Waals surface area contributed by atoms with Crippen LogP contribution in [0.3, 0.4) is 0 Å². The van der Waals surface area contributed by atoms with Crippen molar-refractivity contribution in [3.63, 3.8) is 0 Å². The summed E-state index contributed by atoms with van der Waals surface area (Å²) in [6, 6.07) is 6.92. The molecule has 0 aromatic heterocycles. The molecule has 0 aliphatic heterocycles. The van der Waals surface area contributed by atoms with Crippen LogP contribution in [0.25, 0.3) is 6.08 Å². The zero-order chi connectivity index (χ0) is 15.1. The summed E-state index contributed by atoms with van der Waals surface area (Å²) in [7, 11) is 1.64. The highest BCUT2D eigenvalue weighted by molar-refractivity contribution is 5.69. The maximum atomic E-state index is 10.8. The van der Waals surface area contributed by atoms with Gasteiger partial charge in [0.15, 0.2) is 0 Å². The van der Waals surface area contributed by atoms with Gasteiger partial charge >= 0.3 is 0 Å². The van der Waals surface area contributed by atoms with Gasteiger partial charge in [0.2, 0.25) is 0 Å². The van der Waals surface area contributed by atoms with Crippen molar-refractivity contribution in [2.24, 2.45) is 5.92 Å². The molecule has 1 aliphatic rings. The first-order valence-corrected chi connectivity index (χ1v) is 6.77. The highest BCUT2D eigenvalue weighted by Crippen LogP contribution is 2.25. The Morgan fingerprint density at radius 2 is 2.10 bits per heavy atom. The first-order chi connectivity index (χ1) is 10.2. The topological polar surface area (TPSA) is 46.5 Å². The lowest BCUT2D eigenvalue weighted by Crippen LogP contribution is -2.03. The number of benzene rings is 1. The summed E-state index contributed by atoms with van der Waals surface area (Å²) < 4.78 is 5.16. The Morgan fingerprint density at radius 1 is 1.33 bits per heavy atom. The molecule has 1 aliphatic carbocycles. The third kappa shape index (κ3) is 4.21. The molecule has 0 bridgehead atoms. The molecule has 3 heteroatoms. The average Bonchev–Trinajstić information content (AvgIpc) is 2.53. The van der Waals surface area contributed by atoms with Gasteiger partial charge in [0.05, 0.1) is 7.11 Å². The van der Waals surface area contributed by atoms with Crippen LogP contribution in [-0.2, 0) is 9.53 Å². The lowest BCUT2D eigenvalue weighted by Gasteiger charge is -2.16. The molecule has 21 heavy (non-hydrogen) atoms. The van der Waals surface area contributed by atoms with Gasteiger partial charge in [-0.3, -0.25) is 4.79 Å². The summed E-state index contributed by atoms with van der Waals surface area (Å²) in [5.41, 5.74) is 1.92. The van der Waals surface area contributed by atoms with Crippen molar-refractivity contribution in [3.8, 4) is 5.75 Å². The van der Waals surface area contributed by atoms with Gasteiger partial charge in [0, 0.05) is 5.92 Å². The van der Waals surface area contributed by atoms with Crippen LogP contribution in [0.5, 0.6) is 5.75 Å². The SMILES string of the molecule is COC1=CCC(C(/C=C/c2ccc(O)cc2)=C\C=O)C=C1. The standard InChI is InChI=1S/C18H18O3/c1-21-18-10-6-15(7-11-18)16(12-13-19)5-2-14-3-8-17(20)9-4-14/h2-6,8-13,15,20H,7H2,1H3/b5-2+,16-12-. The monoisotopic (exact) mass is 282 g/mol. The Morgan fingerprint density at radius 3 is 2.67 bits per heavy atom. The largest absolute Gasteiger partial charge is 0.508 e. The van der Waals surface area contributed by atoms with Crippen LogP contribution in [0.15, 0.2) is 66.0 Å². The number of carbonyl (C=O) groups excluding carboxylic acids is 1. The van der Waals surface area contributed by atoms with E-state index in [1.54, 1.807) is 25.3 Å². The molecule has 108 valence electrons. The predicted molar refractivity (Wildman–Crippen MR) is 83.6 cm³/mol. The number of carbonyl (C=O) groups is 1. The molecule has 0 radical (unpaired) electrons. The highest BCUT2D eigenvalue weighted by Gasteiger charge is 2.12. The molecule has 2 rings (SSSR count). The van der Waals surface area contributed by atoms with Crippen molar-refractivity contribution in [2.75, 3.05) is 7.11 Å². The van der Waals surface area contributed by atoms with Gasteiger partial charge in [-0.25, -0.2) is 0 Å². The molecule has 3 nitrogen and oxygen atoms in total. The second kappa shape index (κ2) is 7.29. The average molecular weight is 282 g/mol. The number of allylic oxidation sites excluding steroid dienone is 6. The third-order valence-electron chi connectivity index (χ3n) is 3.35. The minimum atomic E-state index is 0.169. The molecule has 0 saturated carbocycles. The molecule has 1 N–H and O–H groups in total. The number of methoxy groups -OCH3 is 1. The molecule has 0 heterocycles. The van der Waals surface area contributed by atoms with Gasteiger partial charge in [-0.05, 0) is 47.9 Å². The van der Waals surface area contributed by atoms with Crippen LogP contribution in [0.2, 0.25) is 0 Å². The van der Waals surface area contributed by atoms with Gasteiger partial charge in [-0.2, -0.15) is 0 Å². The van der Waals surface area contributed by atoms with Crippen LogP contribution in [0.4, 0.5) is 0 Å². The molecule has 0 spiro atoms. The van der Waals surface area contributed by atoms with Crippen LogP contribution < -0.4 is 0 Å². The number of hydrogen-bond acceptors (Lipinski definition) is 3. The summed E-state index contributed by atoms with van der Waals surface area (Å²) >= 11 is 0. The van der Waals surface area contributed by atoms with Crippen LogP contribution >= 0.6 is 0 Å². The smallest absolute Gasteiger partial charge is 0.143 e. The summed E-state index contributed by atoms with van der Waals surface area (Å²) in [6.07, 6.45) is 13.0. The minimum Gasteiger partial charge on any atom is -0.508 e. The lowest BCUT2D eigenvalue weighted by molar-refractivity contribution is -0.104. The van der Waals surface area contributed by atoms with E-state index in [2.05, 4.69) is 0 Å². The first kappa shape index (κ1) is 14.9. The van der Waals surface area contributed by atoms with E-state index in [1.165, 1.54) is 0 Å². The Kier molecular flexibility index (Phi) is 5.16. The quantitative estimate of drug-likeness (QED) is 0.509. The van der Waals surface area contributed by atoms with Crippen molar-refractivity contribution in [1.29, 1.82) is 0 Å². The minimum absolute atomic E-state index is 0.169. The Hall–Kier alpha value is -2.55. The van der Waals surface area contributed by atoms with Crippen molar-refractivity contribution >= 4 is 12.4 Å². The number of phenols is 1. The predicted octanol–water partition coefficient (Wildman–Crippen LogP) is 3.64. The van der Waals surface area contributed by atoms with Gasteiger partial charge in [-0.15, -0.1) is 0 Å². The summed E-state index contributed by atoms with van der Waals surface area (Å²) in [4.78, 5) is 10.8. The molecule has 0 fully saturated rings. The fourth-order valence-corrected chi connectivity index (χ4v) is 2.16. The van der Waals surface area contributed by atoms with E-state index in [9.17, 15) is 9.90 Å². The van der Waals surface area contributed by atoms with E-state index in [1.807, 2.05) is 42.5 Å². The van der Waals surface area contributed by atoms with E-state index >= 15 is 0 Å². The third-order valence-corrected chi connectivity index (χ3v) is 3.35. The van der Waals surface area contributed by atoms with Crippen molar-refractivity contribution in [1.82, 2.24) is 0 Å². The number of aromatic hydroxyl groups is 1. The molecule has 1 aromatic carbocycles. The second-order valence-corrected chi connectivity index (χ2v) is 4.74. The van der Waals surface area contributed by atoms with Gasteiger partial charge in [-0.1, -0.05) is 30.4 Å². The number of rotatable bonds is 5. The van der Waals surface area contributed by atoms with E-state index in [4.69, 9.17) is 4.74 Å². The van der Waals surface area contributed by atoms with Crippen molar-refractivity contribution in [2.45, 2.75) is 6.42 Å². The summed E-state index contributed by atoms with van der Waals surface area (Å²) in [5, 5.41) is 9.26. The lowest BCUT2D eigenvalue weighted by atomic mass is 9.91. The Bertz CT molecular complexity index is 604. The van der Waals surface area contributed by atoms with Crippen LogP contribution in [0, 0.1) is 5.92 Å². The Balaban J connectivity index is 2.12. The fourth-order valence-electron chi connectivity index (χ4n) is 2.16. The first-order valence-electron chi connectivity index (χ1n) is 6.77. The molecule has 0 saturated heterocycles. The van der Waals surface area contributed by atoms with Crippen LogP contribution in [0.1, 0.15) is 12.0 Å². The van der Waals surface area contributed by atoms with Crippen LogP contribution in [-0.4, -0.2) is 18.5 Å². The maximum absolute atomic E-state index is 10.8. The number of ether oxygens (including phenoxy) is 1. The summed E-state index contributed by atoms with van der Waals surface area (Å²) in [6.45, 7) is 0. The van der Waals surface area contributed by atoms with E-state index < -0.39 is 0 Å². The molecule has 1 aromatic rings. The maximum Gasteiger partial charge on any atom is 0.143 e. The molecule has 1 unspecified atom stereocenters. The zero-order valence-electron chi connectivity index (χ0n) is 11.9. The Labute approximate surface area is 124 Å². The number of phenolic OH excluding ortho intramolecular Hbond substituents is 1. The van der Waals surface area contributed by atoms with Crippen molar-refractivity contribution < 1.29 is 14.6 Å². The van der Waals surface area contributed by atoms with E-state index in [-0.39, 0.29) is 11.7 Å². The number of hydrogen-bond donors (Lipinski definition) is 1. The van der Waals surface area contributed by atoms with E-state index in [0.29, 0.717) is 0 Å². The molecular formula is C18H18O3.